The number of aromatic nitrogens is 2. The van der Waals surface area contributed by atoms with Crippen molar-refractivity contribution in [2.75, 3.05) is 0 Å². The van der Waals surface area contributed by atoms with E-state index < -0.39 is 8.07 Å². The summed E-state index contributed by atoms with van der Waals surface area (Å²) in [6.07, 6.45) is 21.6. The zero-order chi connectivity index (χ0) is 28.2. The maximum atomic E-state index is 4.73. The number of nitrogens with one attached hydrogen (secondary N) is 2. The number of hydrogen-bond donors (Lipinski definition) is 2. The molecule has 8 aliphatic rings. The van der Waals surface area contributed by atoms with Crippen molar-refractivity contribution in [2.45, 2.75) is 136 Å². The van der Waals surface area contributed by atoms with Gasteiger partial charge >= 0.3 is 0 Å². The minimum Gasteiger partial charge on any atom is -0.306 e. The molecule has 8 saturated carbocycles. The fourth-order valence-corrected chi connectivity index (χ4v) is 12.0. The van der Waals surface area contributed by atoms with Gasteiger partial charge in [-0.2, -0.15) is 0 Å². The minimum atomic E-state index is -1.22. The SMILES string of the molecule is Brc1ccc(CNC23CC4CC(CC(C4)C2)C3)nc1.C.C.C[Si](C)(C)c1ccc(CNC23CC4CC(CC(C4)C2)C3)nc1. The Kier molecular flexibility index (Phi) is 10.0. The van der Waals surface area contributed by atoms with E-state index in [1.165, 1.54) is 93.6 Å². The number of halogens is 1. The fourth-order valence-electron chi connectivity index (χ4n) is 10.7. The lowest BCUT2D eigenvalue weighted by atomic mass is 9.53. The molecular formula is C37H59BrN4Si. The van der Waals surface area contributed by atoms with Crippen molar-refractivity contribution >= 4 is 29.2 Å². The van der Waals surface area contributed by atoms with E-state index in [0.717, 1.165) is 53.1 Å². The zero-order valence-corrected chi connectivity index (χ0v) is 28.2. The molecule has 0 radical (unpaired) electrons. The Labute approximate surface area is 272 Å². The molecule has 8 bridgehead atoms. The molecule has 2 N–H and O–H groups in total. The van der Waals surface area contributed by atoms with Crippen molar-refractivity contribution in [3.63, 3.8) is 0 Å². The molecule has 0 aromatic carbocycles. The molecule has 2 aromatic heterocycles. The Morgan fingerprint density at radius 3 is 1.30 bits per heavy atom. The van der Waals surface area contributed by atoms with Crippen LogP contribution in [0.2, 0.25) is 19.6 Å². The van der Waals surface area contributed by atoms with Crippen molar-refractivity contribution < 1.29 is 0 Å². The van der Waals surface area contributed by atoms with E-state index in [-0.39, 0.29) is 14.9 Å². The summed E-state index contributed by atoms with van der Waals surface area (Å²) in [5.74, 6) is 6.08. The molecule has 2 aromatic rings. The van der Waals surface area contributed by atoms with Gasteiger partial charge in [-0.3, -0.25) is 9.97 Å². The largest absolute Gasteiger partial charge is 0.306 e. The van der Waals surface area contributed by atoms with Crippen LogP contribution in [0.3, 0.4) is 0 Å². The average molecular weight is 668 g/mol. The van der Waals surface area contributed by atoms with Crippen LogP contribution in [0, 0.1) is 35.5 Å². The number of rotatable bonds is 7. The summed E-state index contributed by atoms with van der Waals surface area (Å²) in [6.45, 7) is 9.05. The first-order valence-electron chi connectivity index (χ1n) is 16.7. The third kappa shape index (κ3) is 7.50. The molecule has 8 fully saturated rings. The van der Waals surface area contributed by atoms with Gasteiger partial charge in [-0.25, -0.2) is 0 Å². The molecule has 0 spiro atoms. The predicted molar refractivity (Wildman–Crippen MR) is 188 cm³/mol. The quantitative estimate of drug-likeness (QED) is 0.290. The highest BCUT2D eigenvalue weighted by Gasteiger charge is 2.51. The Morgan fingerprint density at radius 2 is 1.00 bits per heavy atom. The lowest BCUT2D eigenvalue weighted by Gasteiger charge is -2.57. The third-order valence-electron chi connectivity index (χ3n) is 11.8. The zero-order valence-electron chi connectivity index (χ0n) is 25.6. The Morgan fingerprint density at radius 1 is 0.628 bits per heavy atom. The maximum Gasteiger partial charge on any atom is 0.0796 e. The van der Waals surface area contributed by atoms with Crippen LogP contribution in [0.4, 0.5) is 0 Å². The van der Waals surface area contributed by atoms with E-state index in [2.05, 4.69) is 81.7 Å². The molecule has 0 saturated heterocycles. The molecule has 0 amide bonds. The van der Waals surface area contributed by atoms with Gasteiger partial charge < -0.3 is 10.6 Å². The molecular weight excluding hydrogens is 608 g/mol. The van der Waals surface area contributed by atoms with Gasteiger partial charge in [-0.1, -0.05) is 40.6 Å². The van der Waals surface area contributed by atoms with Gasteiger partial charge in [-0.05, 0) is 152 Å². The van der Waals surface area contributed by atoms with Crippen molar-refractivity contribution in [1.29, 1.82) is 0 Å². The molecule has 8 aliphatic carbocycles. The van der Waals surface area contributed by atoms with E-state index in [0.29, 0.717) is 11.1 Å². The summed E-state index contributed by atoms with van der Waals surface area (Å²) >= 11 is 3.45. The van der Waals surface area contributed by atoms with Crippen molar-refractivity contribution in [2.24, 2.45) is 35.5 Å². The average Bonchev–Trinajstić information content (AvgIpc) is 2.90. The monoisotopic (exact) mass is 666 g/mol. The molecule has 10 rings (SSSR count). The Balaban J connectivity index is 0.000000165. The highest BCUT2D eigenvalue weighted by Crippen LogP contribution is 2.56. The fraction of sp³-hybridized carbons (Fsp3) is 0.730. The van der Waals surface area contributed by atoms with E-state index >= 15 is 0 Å². The van der Waals surface area contributed by atoms with Crippen molar-refractivity contribution in [3.8, 4) is 0 Å². The Hall–Kier alpha value is -1.08. The van der Waals surface area contributed by atoms with E-state index in [4.69, 9.17) is 4.98 Å². The van der Waals surface area contributed by atoms with Crippen LogP contribution in [-0.2, 0) is 13.1 Å². The van der Waals surface area contributed by atoms with Gasteiger partial charge in [0.1, 0.15) is 0 Å². The second-order valence-electron chi connectivity index (χ2n) is 16.4. The van der Waals surface area contributed by atoms with Crippen LogP contribution in [-0.4, -0.2) is 29.1 Å². The van der Waals surface area contributed by atoms with Crippen molar-refractivity contribution in [3.05, 3.63) is 52.5 Å². The van der Waals surface area contributed by atoms with Gasteiger partial charge in [0.2, 0.25) is 0 Å². The van der Waals surface area contributed by atoms with Crippen LogP contribution < -0.4 is 15.8 Å². The van der Waals surface area contributed by atoms with Gasteiger partial charge in [0.15, 0.2) is 0 Å². The van der Waals surface area contributed by atoms with E-state index in [9.17, 15) is 0 Å². The van der Waals surface area contributed by atoms with Crippen LogP contribution in [0.15, 0.2) is 41.1 Å². The van der Waals surface area contributed by atoms with Crippen molar-refractivity contribution in [1.82, 2.24) is 20.6 Å². The van der Waals surface area contributed by atoms with Gasteiger partial charge in [0, 0.05) is 41.0 Å². The normalized spacial score (nSPS) is 36.4. The van der Waals surface area contributed by atoms with Crippen LogP contribution in [0.5, 0.6) is 0 Å². The molecule has 0 atom stereocenters. The molecule has 4 nitrogen and oxygen atoms in total. The van der Waals surface area contributed by atoms with Crippen LogP contribution in [0.25, 0.3) is 0 Å². The smallest absolute Gasteiger partial charge is 0.0796 e. The molecule has 0 aliphatic heterocycles. The summed E-state index contributed by atoms with van der Waals surface area (Å²) in [4.78, 5) is 9.22. The molecule has 238 valence electrons. The highest BCUT2D eigenvalue weighted by molar-refractivity contribution is 9.10. The summed E-state index contributed by atoms with van der Waals surface area (Å²) < 4.78 is 1.06. The molecule has 43 heavy (non-hydrogen) atoms. The van der Waals surface area contributed by atoms with Gasteiger partial charge in [0.25, 0.3) is 0 Å². The van der Waals surface area contributed by atoms with Crippen LogP contribution >= 0.6 is 15.9 Å². The summed E-state index contributed by atoms with van der Waals surface area (Å²) in [5.41, 5.74) is 3.29. The summed E-state index contributed by atoms with van der Waals surface area (Å²) in [7, 11) is -1.22. The standard InChI is InChI=1S/C19H30N2Si.C16H21BrN2.2CH4/c1-22(2,3)18-5-4-17(20-13-18)12-21-19-9-14-6-15(10-19)8-16(7-14)11-19;17-14-1-2-15(18-9-14)10-19-16-6-11-3-12(7-16)5-13(4-11)8-16;;/h4-5,13-16,21H,6-12H2,1-3H3;1-2,9,11-13,19H,3-8,10H2;2*1H4. The Bertz CT molecular complexity index is 1130. The number of nitrogens with zero attached hydrogens (tertiary/aromatic N) is 2. The molecule has 6 heteroatoms. The lowest BCUT2D eigenvalue weighted by Crippen LogP contribution is -2.58. The first-order chi connectivity index (χ1) is 19.6. The highest BCUT2D eigenvalue weighted by atomic mass is 79.9. The van der Waals surface area contributed by atoms with Gasteiger partial charge in [-0.15, -0.1) is 0 Å². The minimum absolute atomic E-state index is 0. The molecule has 2 heterocycles. The number of pyridine rings is 2. The maximum absolute atomic E-state index is 4.73. The summed E-state index contributed by atoms with van der Waals surface area (Å²) in [5, 5.41) is 9.30. The first-order valence-corrected chi connectivity index (χ1v) is 21.0. The lowest BCUT2D eigenvalue weighted by molar-refractivity contribution is -0.0209. The predicted octanol–water partition coefficient (Wildman–Crippen LogP) is 8.86. The summed E-state index contributed by atoms with van der Waals surface area (Å²) in [6, 6.07) is 8.78. The van der Waals surface area contributed by atoms with E-state index in [1.807, 2.05) is 6.20 Å². The second kappa shape index (κ2) is 13.0. The van der Waals surface area contributed by atoms with E-state index in [1.54, 1.807) is 0 Å². The number of hydrogen-bond acceptors (Lipinski definition) is 4. The topological polar surface area (TPSA) is 49.8 Å². The molecule has 0 unspecified atom stereocenters. The third-order valence-corrected chi connectivity index (χ3v) is 14.3. The second-order valence-corrected chi connectivity index (χ2v) is 22.4. The van der Waals surface area contributed by atoms with Crippen LogP contribution in [0.1, 0.15) is 103 Å². The first kappa shape index (κ1) is 33.3. The van der Waals surface area contributed by atoms with Gasteiger partial charge in [0.05, 0.1) is 19.5 Å².